The Labute approximate surface area is 200 Å². The molecule has 0 saturated carbocycles. The van der Waals surface area contributed by atoms with Crippen LogP contribution in [-0.2, 0) is 9.53 Å². The van der Waals surface area contributed by atoms with Crippen LogP contribution in [0.5, 0.6) is 0 Å². The summed E-state index contributed by atoms with van der Waals surface area (Å²) in [6, 6.07) is 16.6. The molecule has 4 nitrogen and oxygen atoms in total. The second kappa shape index (κ2) is 8.86. The average molecular weight is 451 g/mol. The number of esters is 1. The molecule has 172 valence electrons. The zero-order valence-corrected chi connectivity index (χ0v) is 20.2. The number of fused-ring (bicyclic) bond motifs is 2. The van der Waals surface area contributed by atoms with Gasteiger partial charge in [0.2, 0.25) is 0 Å². The molecule has 0 spiro atoms. The van der Waals surface area contributed by atoms with Crippen LogP contribution < -0.4 is 0 Å². The fourth-order valence-corrected chi connectivity index (χ4v) is 5.07. The number of benzene rings is 2. The van der Waals surface area contributed by atoms with Gasteiger partial charge in [-0.25, -0.2) is 4.79 Å². The number of cyclic esters (lactones) is 1. The fourth-order valence-electron chi connectivity index (χ4n) is 5.07. The number of carbonyl (C=O) groups excluding carboxylic acids is 1. The largest absolute Gasteiger partial charge is 0.449 e. The summed E-state index contributed by atoms with van der Waals surface area (Å²) in [5.41, 5.74) is 6.99. The van der Waals surface area contributed by atoms with Crippen molar-refractivity contribution in [2.24, 2.45) is 0 Å². The van der Waals surface area contributed by atoms with Crippen molar-refractivity contribution >= 4 is 45.7 Å². The lowest BCUT2D eigenvalue weighted by atomic mass is 9.99. The van der Waals surface area contributed by atoms with Gasteiger partial charge >= 0.3 is 5.97 Å². The molecule has 1 atom stereocenters. The maximum atomic E-state index is 13.3. The predicted molar refractivity (Wildman–Crippen MR) is 141 cm³/mol. The summed E-state index contributed by atoms with van der Waals surface area (Å²) in [5.74, 6) is -0.268. The molecule has 1 aliphatic rings. The molecule has 0 saturated heterocycles. The van der Waals surface area contributed by atoms with Gasteiger partial charge in [-0.15, -0.1) is 0 Å². The van der Waals surface area contributed by atoms with E-state index in [0.29, 0.717) is 5.57 Å². The van der Waals surface area contributed by atoms with Gasteiger partial charge in [-0.3, -0.25) is 0 Å². The van der Waals surface area contributed by atoms with Crippen molar-refractivity contribution in [3.05, 3.63) is 89.3 Å². The molecule has 2 aromatic carbocycles. The van der Waals surface area contributed by atoms with Crippen molar-refractivity contribution in [2.75, 3.05) is 0 Å². The zero-order chi connectivity index (χ0) is 23.8. The van der Waals surface area contributed by atoms with Crippen molar-refractivity contribution in [1.29, 1.82) is 0 Å². The van der Waals surface area contributed by atoms with Gasteiger partial charge < -0.3 is 13.9 Å². The minimum Gasteiger partial charge on any atom is -0.449 e. The molecule has 2 aromatic heterocycles. The van der Waals surface area contributed by atoms with Crippen LogP contribution in [0, 0.1) is 13.8 Å². The molecule has 1 unspecified atom stereocenters. The number of aromatic nitrogens is 2. The van der Waals surface area contributed by atoms with Crippen LogP contribution in [0.3, 0.4) is 0 Å². The van der Waals surface area contributed by atoms with Gasteiger partial charge in [0.05, 0.1) is 16.6 Å². The Morgan fingerprint density at radius 3 is 2.03 bits per heavy atom. The van der Waals surface area contributed by atoms with Crippen molar-refractivity contribution in [1.82, 2.24) is 9.13 Å². The van der Waals surface area contributed by atoms with E-state index in [1.807, 2.05) is 30.3 Å². The fraction of sp³-hybridized carbons (Fsp3) is 0.233. The van der Waals surface area contributed by atoms with Gasteiger partial charge in [0, 0.05) is 45.7 Å². The van der Waals surface area contributed by atoms with Gasteiger partial charge in [-0.1, -0.05) is 62.4 Å². The van der Waals surface area contributed by atoms with E-state index in [0.717, 1.165) is 57.2 Å². The first kappa shape index (κ1) is 22.0. The molecule has 4 aromatic rings. The predicted octanol–water partition coefficient (Wildman–Crippen LogP) is 7.66. The minimum absolute atomic E-state index is 0.268. The Hall–Kier alpha value is -3.79. The van der Waals surface area contributed by atoms with E-state index in [9.17, 15) is 4.79 Å². The number of allylic oxidation sites excluding steroid dienone is 2. The van der Waals surface area contributed by atoms with Crippen molar-refractivity contribution in [2.45, 2.75) is 46.6 Å². The van der Waals surface area contributed by atoms with Crippen LogP contribution in [0.25, 0.3) is 39.8 Å². The molecule has 3 heterocycles. The Kier molecular flexibility index (Phi) is 5.74. The first-order valence-electron chi connectivity index (χ1n) is 12.0. The van der Waals surface area contributed by atoms with Crippen LogP contribution in [0.15, 0.2) is 66.8 Å². The van der Waals surface area contributed by atoms with Gasteiger partial charge in [-0.05, 0) is 44.9 Å². The summed E-state index contributed by atoms with van der Waals surface area (Å²) in [4.78, 5) is 13.3. The number of para-hydroxylation sites is 2. The lowest BCUT2D eigenvalue weighted by Gasteiger charge is -2.09. The SMILES string of the molecule is CCC=Cn1c(C)c(C2=CC(c3c(C)n(C=CCC)c4ccccc34)OC2=O)c2ccccc21. The van der Waals surface area contributed by atoms with Crippen LogP contribution in [0.1, 0.15) is 55.3 Å². The second-order valence-corrected chi connectivity index (χ2v) is 8.73. The topological polar surface area (TPSA) is 36.2 Å². The summed E-state index contributed by atoms with van der Waals surface area (Å²) in [5, 5.41) is 2.18. The first-order valence-corrected chi connectivity index (χ1v) is 12.0. The summed E-state index contributed by atoms with van der Waals surface area (Å²) < 4.78 is 10.4. The van der Waals surface area contributed by atoms with Crippen LogP contribution in [0.2, 0.25) is 0 Å². The molecule has 34 heavy (non-hydrogen) atoms. The second-order valence-electron chi connectivity index (χ2n) is 8.73. The van der Waals surface area contributed by atoms with Crippen LogP contribution >= 0.6 is 0 Å². The summed E-state index contributed by atoms with van der Waals surface area (Å²) in [6.07, 6.45) is 12.0. The molecule has 0 amide bonds. The molecule has 0 aliphatic carbocycles. The van der Waals surface area contributed by atoms with Crippen LogP contribution in [-0.4, -0.2) is 15.1 Å². The lowest BCUT2D eigenvalue weighted by Crippen LogP contribution is -2.04. The average Bonchev–Trinajstić information content (AvgIpc) is 3.44. The first-order chi connectivity index (χ1) is 16.6. The normalized spacial score (nSPS) is 16.4. The molecule has 0 N–H and O–H groups in total. The highest BCUT2D eigenvalue weighted by atomic mass is 16.5. The number of hydrogen-bond donors (Lipinski definition) is 0. The molecule has 1 aliphatic heterocycles. The Morgan fingerprint density at radius 2 is 1.38 bits per heavy atom. The zero-order valence-electron chi connectivity index (χ0n) is 20.2. The van der Waals surface area contributed by atoms with Crippen molar-refractivity contribution in [3.63, 3.8) is 0 Å². The highest BCUT2D eigenvalue weighted by Gasteiger charge is 2.33. The molecule has 0 bridgehead atoms. The van der Waals surface area contributed by atoms with Gasteiger partial charge in [0.15, 0.2) is 0 Å². The van der Waals surface area contributed by atoms with E-state index < -0.39 is 6.10 Å². The quantitative estimate of drug-likeness (QED) is 0.283. The van der Waals surface area contributed by atoms with Crippen LogP contribution in [0.4, 0.5) is 0 Å². The van der Waals surface area contributed by atoms with E-state index in [1.54, 1.807) is 0 Å². The van der Waals surface area contributed by atoms with E-state index in [1.165, 1.54) is 0 Å². The highest BCUT2D eigenvalue weighted by molar-refractivity contribution is 6.22. The van der Waals surface area contributed by atoms with E-state index in [4.69, 9.17) is 4.74 Å². The van der Waals surface area contributed by atoms with Crippen molar-refractivity contribution in [3.8, 4) is 0 Å². The number of rotatable bonds is 6. The molecule has 4 heteroatoms. The number of carbonyl (C=O) groups is 1. The number of ether oxygens (including phenoxy) is 1. The minimum atomic E-state index is -0.420. The number of nitrogens with zero attached hydrogens (tertiary/aromatic N) is 2. The number of hydrogen-bond acceptors (Lipinski definition) is 2. The van der Waals surface area contributed by atoms with Gasteiger partial charge in [-0.2, -0.15) is 0 Å². The molecular formula is C30H30N2O2. The molecule has 5 rings (SSSR count). The van der Waals surface area contributed by atoms with Crippen molar-refractivity contribution < 1.29 is 9.53 Å². The molecule has 0 radical (unpaired) electrons. The molecule has 0 fully saturated rings. The third-order valence-electron chi connectivity index (χ3n) is 6.67. The summed E-state index contributed by atoms with van der Waals surface area (Å²) >= 11 is 0. The summed E-state index contributed by atoms with van der Waals surface area (Å²) in [6.45, 7) is 8.42. The Bertz CT molecular complexity index is 1490. The maximum Gasteiger partial charge on any atom is 0.339 e. The highest BCUT2D eigenvalue weighted by Crippen LogP contribution is 2.42. The lowest BCUT2D eigenvalue weighted by molar-refractivity contribution is -0.137. The van der Waals surface area contributed by atoms with Gasteiger partial charge in [0.1, 0.15) is 6.10 Å². The third kappa shape index (κ3) is 3.41. The Balaban J connectivity index is 1.69. The van der Waals surface area contributed by atoms with E-state index in [2.05, 4.69) is 85.6 Å². The monoisotopic (exact) mass is 450 g/mol. The van der Waals surface area contributed by atoms with E-state index >= 15 is 0 Å². The third-order valence-corrected chi connectivity index (χ3v) is 6.67. The van der Waals surface area contributed by atoms with Gasteiger partial charge in [0.25, 0.3) is 0 Å². The Morgan fingerprint density at radius 1 is 0.824 bits per heavy atom. The van der Waals surface area contributed by atoms with E-state index in [-0.39, 0.29) is 5.97 Å². The molecular weight excluding hydrogens is 420 g/mol. The smallest absolute Gasteiger partial charge is 0.339 e. The standard InChI is InChI=1S/C30H30N2O2/c1-5-7-17-31-20(3)28(22-13-9-11-15-25(22)31)24-19-27(34-30(24)33)29-21(4)32(18-8-6-2)26-16-12-10-14-23(26)29/h7-19,27H,5-6H2,1-4H3. The summed E-state index contributed by atoms with van der Waals surface area (Å²) in [7, 11) is 0. The maximum absolute atomic E-state index is 13.3.